The summed E-state index contributed by atoms with van der Waals surface area (Å²) in [6, 6.07) is 15.3. The maximum absolute atomic E-state index is 13.4. The third-order valence-corrected chi connectivity index (χ3v) is 8.67. The van der Waals surface area contributed by atoms with Crippen LogP contribution in [0.1, 0.15) is 72.9 Å². The summed E-state index contributed by atoms with van der Waals surface area (Å²) in [6.45, 7) is 5.05. The highest BCUT2D eigenvalue weighted by molar-refractivity contribution is 6.36. The second-order valence-electron chi connectivity index (χ2n) is 11.2. The number of halogens is 1. The van der Waals surface area contributed by atoms with E-state index in [1.807, 2.05) is 43.0 Å². The Balaban J connectivity index is 1.32. The highest BCUT2D eigenvalue weighted by Gasteiger charge is 2.28. The summed E-state index contributed by atoms with van der Waals surface area (Å²) in [6.07, 6.45) is 6.31. The van der Waals surface area contributed by atoms with Crippen molar-refractivity contribution in [1.29, 1.82) is 0 Å². The lowest BCUT2D eigenvalue weighted by molar-refractivity contribution is -0.144. The summed E-state index contributed by atoms with van der Waals surface area (Å²) in [5.41, 5.74) is 6.29. The zero-order chi connectivity index (χ0) is 32.1. The standard InChI is InChI=1S/C35H33ClN4O5/c1-21-15-30(38-18-25(21)19-40-14-4-3-11-31(40)35(44)45)32(42)16-24-7-5-8-26(22(24)2)27-9-6-10-28(33(27)36)39-34(43)29-13-12-23(20-41)17-37-29/h5-10,12-13,15,17-18,20,31H,3-4,11,14,16,19H2,1-2H3,(H,39,43)(H,44,45)/t31-/m0/s1. The number of Topliss-reactive ketones (excluding diaryl/α,β-unsaturated/α-hetero) is 1. The molecule has 2 aromatic carbocycles. The van der Waals surface area contributed by atoms with E-state index in [1.54, 1.807) is 24.4 Å². The summed E-state index contributed by atoms with van der Waals surface area (Å²) in [5.74, 6) is -1.40. The number of ketones is 1. The minimum atomic E-state index is -0.804. The topological polar surface area (TPSA) is 130 Å². The van der Waals surface area contributed by atoms with Crippen LogP contribution in [0.15, 0.2) is 67.0 Å². The van der Waals surface area contributed by atoms with Gasteiger partial charge in [0, 0.05) is 36.5 Å². The second kappa shape index (κ2) is 13.9. The molecule has 1 amide bonds. The van der Waals surface area contributed by atoms with Crippen molar-refractivity contribution in [2.45, 2.75) is 52.1 Å². The molecule has 4 aromatic rings. The van der Waals surface area contributed by atoms with Gasteiger partial charge in [0.15, 0.2) is 12.1 Å². The number of carbonyl (C=O) groups excluding carboxylic acids is 3. The molecule has 0 unspecified atom stereocenters. The first-order valence-corrected chi connectivity index (χ1v) is 15.1. The molecule has 2 N–H and O–H groups in total. The number of nitrogens with zero attached hydrogens (tertiary/aromatic N) is 3. The number of piperidine rings is 1. The molecule has 1 aliphatic rings. The lowest BCUT2D eigenvalue weighted by Gasteiger charge is -2.33. The van der Waals surface area contributed by atoms with Gasteiger partial charge in [0.2, 0.25) is 0 Å². The molecule has 5 rings (SSSR count). The molecule has 3 heterocycles. The van der Waals surface area contributed by atoms with Gasteiger partial charge < -0.3 is 10.4 Å². The number of aryl methyl sites for hydroxylation is 1. The zero-order valence-electron chi connectivity index (χ0n) is 25.0. The zero-order valence-corrected chi connectivity index (χ0v) is 25.8. The van der Waals surface area contributed by atoms with Crippen LogP contribution in [0.3, 0.4) is 0 Å². The van der Waals surface area contributed by atoms with E-state index in [1.165, 1.54) is 18.3 Å². The fourth-order valence-electron chi connectivity index (χ4n) is 5.64. The average Bonchev–Trinajstić information content (AvgIpc) is 3.04. The number of hydrogen-bond acceptors (Lipinski definition) is 7. The van der Waals surface area contributed by atoms with Crippen molar-refractivity contribution < 1.29 is 24.3 Å². The van der Waals surface area contributed by atoms with Gasteiger partial charge in [-0.15, -0.1) is 0 Å². The van der Waals surface area contributed by atoms with Crippen LogP contribution in [0.4, 0.5) is 5.69 Å². The molecule has 0 saturated carbocycles. The molecule has 1 saturated heterocycles. The average molecular weight is 625 g/mol. The Labute approximate surface area is 266 Å². The Morgan fingerprint density at radius 2 is 1.73 bits per heavy atom. The van der Waals surface area contributed by atoms with Crippen LogP contribution in [-0.2, 0) is 17.8 Å². The van der Waals surface area contributed by atoms with Gasteiger partial charge in [-0.25, -0.2) is 0 Å². The fourth-order valence-corrected chi connectivity index (χ4v) is 5.92. The summed E-state index contributed by atoms with van der Waals surface area (Å²) in [4.78, 5) is 59.2. The first kappa shape index (κ1) is 31.7. The van der Waals surface area contributed by atoms with Crippen molar-refractivity contribution in [3.8, 4) is 11.1 Å². The number of amides is 1. The van der Waals surface area contributed by atoms with E-state index in [9.17, 15) is 24.3 Å². The number of pyridine rings is 2. The van der Waals surface area contributed by atoms with E-state index >= 15 is 0 Å². The number of rotatable bonds is 10. The molecule has 0 bridgehead atoms. The van der Waals surface area contributed by atoms with Gasteiger partial charge in [-0.1, -0.05) is 48.4 Å². The van der Waals surface area contributed by atoms with E-state index in [-0.39, 0.29) is 17.9 Å². The van der Waals surface area contributed by atoms with Crippen LogP contribution in [0.25, 0.3) is 11.1 Å². The van der Waals surface area contributed by atoms with Crippen molar-refractivity contribution >= 4 is 41.2 Å². The van der Waals surface area contributed by atoms with E-state index in [0.717, 1.165) is 47.2 Å². The van der Waals surface area contributed by atoms with Gasteiger partial charge >= 0.3 is 5.97 Å². The molecule has 230 valence electrons. The Morgan fingerprint density at radius 3 is 2.44 bits per heavy atom. The predicted molar refractivity (Wildman–Crippen MR) is 172 cm³/mol. The van der Waals surface area contributed by atoms with Crippen molar-refractivity contribution in [3.63, 3.8) is 0 Å². The minimum Gasteiger partial charge on any atom is -0.480 e. The van der Waals surface area contributed by atoms with E-state index in [4.69, 9.17) is 11.6 Å². The van der Waals surface area contributed by atoms with Gasteiger partial charge in [0.05, 0.1) is 10.7 Å². The number of likely N-dealkylation sites (tertiary alicyclic amines) is 1. The van der Waals surface area contributed by atoms with Crippen LogP contribution in [0.5, 0.6) is 0 Å². The van der Waals surface area contributed by atoms with E-state index < -0.39 is 17.9 Å². The number of benzene rings is 2. The number of carboxylic acid groups (broad SMARTS) is 1. The largest absolute Gasteiger partial charge is 0.480 e. The van der Waals surface area contributed by atoms with Crippen molar-refractivity contribution in [2.24, 2.45) is 0 Å². The highest BCUT2D eigenvalue weighted by atomic mass is 35.5. The molecule has 2 aromatic heterocycles. The quantitative estimate of drug-likeness (QED) is 0.154. The van der Waals surface area contributed by atoms with Crippen LogP contribution < -0.4 is 5.32 Å². The molecule has 1 fully saturated rings. The highest BCUT2D eigenvalue weighted by Crippen LogP contribution is 2.36. The summed E-state index contributed by atoms with van der Waals surface area (Å²) >= 11 is 6.78. The first-order chi connectivity index (χ1) is 21.7. The fraction of sp³-hybridized carbons (Fsp3) is 0.257. The van der Waals surface area contributed by atoms with Crippen molar-refractivity contribution in [1.82, 2.24) is 14.9 Å². The van der Waals surface area contributed by atoms with Gasteiger partial charge in [0.25, 0.3) is 5.91 Å². The van der Waals surface area contributed by atoms with Crippen molar-refractivity contribution in [3.05, 3.63) is 111 Å². The van der Waals surface area contributed by atoms with Crippen LogP contribution >= 0.6 is 11.6 Å². The summed E-state index contributed by atoms with van der Waals surface area (Å²) < 4.78 is 0. The van der Waals surface area contributed by atoms with Gasteiger partial charge in [-0.3, -0.25) is 34.0 Å². The SMILES string of the molecule is Cc1cc(C(=O)Cc2cccc(-c3cccc(NC(=O)c4ccc(C=O)cn4)c3Cl)c2C)ncc1CN1CCCC[C@H]1C(=O)O. The number of carboxylic acids is 1. The Bertz CT molecular complexity index is 1770. The molecule has 1 atom stereocenters. The Morgan fingerprint density at radius 1 is 0.978 bits per heavy atom. The number of aliphatic carboxylic acids is 1. The lowest BCUT2D eigenvalue weighted by Crippen LogP contribution is -2.44. The Kier molecular flexibility index (Phi) is 9.80. The maximum atomic E-state index is 13.4. The number of nitrogens with one attached hydrogen (secondary N) is 1. The summed E-state index contributed by atoms with van der Waals surface area (Å²) in [5, 5.41) is 12.7. The second-order valence-corrected chi connectivity index (χ2v) is 11.6. The molecule has 0 spiro atoms. The molecular weight excluding hydrogens is 592 g/mol. The van der Waals surface area contributed by atoms with Gasteiger partial charge in [-0.05, 0) is 85.3 Å². The smallest absolute Gasteiger partial charge is 0.320 e. The van der Waals surface area contributed by atoms with Crippen molar-refractivity contribution in [2.75, 3.05) is 11.9 Å². The minimum absolute atomic E-state index is 0.133. The number of hydrogen-bond donors (Lipinski definition) is 2. The van der Waals surface area contributed by atoms with E-state index in [0.29, 0.717) is 46.8 Å². The molecular formula is C35H33ClN4O5. The molecule has 1 aliphatic heterocycles. The predicted octanol–water partition coefficient (Wildman–Crippen LogP) is 6.34. The summed E-state index contributed by atoms with van der Waals surface area (Å²) in [7, 11) is 0. The number of anilines is 1. The van der Waals surface area contributed by atoms with Crippen LogP contribution in [0.2, 0.25) is 5.02 Å². The van der Waals surface area contributed by atoms with Gasteiger partial charge in [0.1, 0.15) is 17.4 Å². The lowest BCUT2D eigenvalue weighted by atomic mass is 9.93. The Hall–Kier alpha value is -4.73. The van der Waals surface area contributed by atoms with Crippen LogP contribution in [-0.4, -0.2) is 56.5 Å². The normalized spacial score (nSPS) is 15.0. The first-order valence-electron chi connectivity index (χ1n) is 14.7. The molecule has 45 heavy (non-hydrogen) atoms. The monoisotopic (exact) mass is 624 g/mol. The van der Waals surface area contributed by atoms with E-state index in [2.05, 4.69) is 15.3 Å². The maximum Gasteiger partial charge on any atom is 0.320 e. The number of carbonyl (C=O) groups is 4. The number of aromatic nitrogens is 2. The number of aldehydes is 1. The molecule has 0 aliphatic carbocycles. The molecule has 0 radical (unpaired) electrons. The van der Waals surface area contributed by atoms with Crippen LogP contribution in [0, 0.1) is 13.8 Å². The van der Waals surface area contributed by atoms with Gasteiger partial charge in [-0.2, -0.15) is 0 Å². The molecule has 10 heteroatoms. The third-order valence-electron chi connectivity index (χ3n) is 8.27. The molecule has 9 nitrogen and oxygen atoms in total. The third kappa shape index (κ3) is 7.16.